The molecule has 19 heavy (non-hydrogen) atoms. The lowest BCUT2D eigenvalue weighted by atomic mass is 10.1. The largest absolute Gasteiger partial charge is 0.507 e. The highest BCUT2D eigenvalue weighted by Crippen LogP contribution is 2.23. The highest BCUT2D eigenvalue weighted by atomic mass is 16.5. The van der Waals surface area contributed by atoms with Crippen LogP contribution in [0.25, 0.3) is 0 Å². The summed E-state index contributed by atoms with van der Waals surface area (Å²) in [6.45, 7) is 3.67. The van der Waals surface area contributed by atoms with Crippen molar-refractivity contribution in [2.75, 3.05) is 0 Å². The molecule has 96 valence electrons. The Balaban J connectivity index is 2.18. The molecule has 0 saturated carbocycles. The number of phenolic OH excluding ortho intramolecular Hbond substituents is 1. The van der Waals surface area contributed by atoms with Gasteiger partial charge in [0.15, 0.2) is 0 Å². The van der Waals surface area contributed by atoms with Crippen LogP contribution in [-0.2, 0) is 4.74 Å². The van der Waals surface area contributed by atoms with E-state index in [0.717, 1.165) is 5.56 Å². The minimum Gasteiger partial charge on any atom is -0.507 e. The summed E-state index contributed by atoms with van der Waals surface area (Å²) in [6, 6.07) is 15.6. The second kappa shape index (κ2) is 5.87. The molecular formula is C16H14O3. The second-order valence-corrected chi connectivity index (χ2v) is 3.99. The molecule has 0 aliphatic rings. The minimum absolute atomic E-state index is 0.0941. The Bertz CT molecular complexity index is 576. The summed E-state index contributed by atoms with van der Waals surface area (Å²) in [5, 5.41) is 9.61. The summed E-state index contributed by atoms with van der Waals surface area (Å²) in [5.74, 6) is -0.671. The number of ether oxygens (including phenoxy) is 1. The molecule has 1 N–H and O–H groups in total. The first-order valence-electron chi connectivity index (χ1n) is 5.89. The van der Waals surface area contributed by atoms with Crippen molar-refractivity contribution in [2.45, 2.75) is 6.10 Å². The van der Waals surface area contributed by atoms with E-state index in [1.807, 2.05) is 30.3 Å². The molecule has 1 unspecified atom stereocenters. The van der Waals surface area contributed by atoms with Gasteiger partial charge in [-0.1, -0.05) is 49.0 Å². The number of benzene rings is 2. The molecule has 0 aliphatic heterocycles. The van der Waals surface area contributed by atoms with E-state index in [9.17, 15) is 9.90 Å². The molecule has 0 bridgehead atoms. The summed E-state index contributed by atoms with van der Waals surface area (Å²) in [7, 11) is 0. The third-order valence-corrected chi connectivity index (χ3v) is 2.70. The maximum Gasteiger partial charge on any atom is 0.342 e. The molecule has 0 heterocycles. The quantitative estimate of drug-likeness (QED) is 0.671. The Morgan fingerprint density at radius 2 is 1.74 bits per heavy atom. The summed E-state index contributed by atoms with van der Waals surface area (Å²) < 4.78 is 5.34. The Morgan fingerprint density at radius 3 is 2.37 bits per heavy atom. The van der Waals surface area contributed by atoms with Crippen molar-refractivity contribution >= 4 is 5.97 Å². The third kappa shape index (κ3) is 3.01. The molecule has 0 aromatic heterocycles. The van der Waals surface area contributed by atoms with Crippen LogP contribution in [0.15, 0.2) is 67.3 Å². The van der Waals surface area contributed by atoms with Crippen LogP contribution in [0.1, 0.15) is 22.0 Å². The van der Waals surface area contributed by atoms with E-state index < -0.39 is 12.1 Å². The van der Waals surface area contributed by atoms with Crippen LogP contribution < -0.4 is 0 Å². The molecule has 2 aromatic carbocycles. The first kappa shape index (κ1) is 12.9. The molecule has 2 rings (SSSR count). The topological polar surface area (TPSA) is 46.5 Å². The maximum absolute atomic E-state index is 12.0. The van der Waals surface area contributed by atoms with Crippen molar-refractivity contribution in [1.29, 1.82) is 0 Å². The van der Waals surface area contributed by atoms with Crippen molar-refractivity contribution < 1.29 is 14.6 Å². The molecule has 0 fully saturated rings. The number of esters is 1. The highest BCUT2D eigenvalue weighted by molar-refractivity contribution is 5.92. The Morgan fingerprint density at radius 1 is 1.11 bits per heavy atom. The fraction of sp³-hybridized carbons (Fsp3) is 0.0625. The van der Waals surface area contributed by atoms with Crippen molar-refractivity contribution in [1.82, 2.24) is 0 Å². The zero-order valence-corrected chi connectivity index (χ0v) is 10.3. The van der Waals surface area contributed by atoms with E-state index in [4.69, 9.17) is 4.74 Å². The molecule has 0 saturated heterocycles. The minimum atomic E-state index is -0.577. The number of phenols is 1. The molecule has 3 nitrogen and oxygen atoms in total. The molecular weight excluding hydrogens is 240 g/mol. The van der Waals surface area contributed by atoms with E-state index in [1.54, 1.807) is 18.2 Å². The van der Waals surface area contributed by atoms with Gasteiger partial charge in [-0.25, -0.2) is 4.79 Å². The number of para-hydroxylation sites is 1. The molecule has 0 radical (unpaired) electrons. The molecule has 2 aromatic rings. The van der Waals surface area contributed by atoms with Crippen LogP contribution in [0.4, 0.5) is 0 Å². The normalized spacial score (nSPS) is 11.6. The van der Waals surface area contributed by atoms with Crippen LogP contribution in [0.2, 0.25) is 0 Å². The number of aromatic hydroxyl groups is 1. The number of carbonyl (C=O) groups excluding carboxylic acids is 1. The van der Waals surface area contributed by atoms with E-state index in [1.165, 1.54) is 12.1 Å². The van der Waals surface area contributed by atoms with Gasteiger partial charge in [0.25, 0.3) is 0 Å². The number of hydrogen-bond donors (Lipinski definition) is 1. The highest BCUT2D eigenvalue weighted by Gasteiger charge is 2.17. The van der Waals surface area contributed by atoms with Crippen LogP contribution in [0.5, 0.6) is 5.75 Å². The standard InChI is InChI=1S/C16H14O3/c1-2-15(12-8-4-3-5-9-12)19-16(18)13-10-6-7-11-14(13)17/h2-11,15,17H,1H2. The summed E-state index contributed by atoms with van der Waals surface area (Å²) >= 11 is 0. The van der Waals surface area contributed by atoms with Gasteiger partial charge in [0.2, 0.25) is 0 Å². The fourth-order valence-corrected chi connectivity index (χ4v) is 1.72. The van der Waals surface area contributed by atoms with Gasteiger partial charge in [-0.05, 0) is 23.8 Å². The molecule has 0 amide bonds. The average molecular weight is 254 g/mol. The van der Waals surface area contributed by atoms with Crippen LogP contribution >= 0.6 is 0 Å². The first-order valence-corrected chi connectivity index (χ1v) is 5.89. The lowest BCUT2D eigenvalue weighted by molar-refractivity contribution is 0.0389. The van der Waals surface area contributed by atoms with Gasteiger partial charge in [0.05, 0.1) is 0 Å². The predicted molar refractivity (Wildman–Crippen MR) is 72.9 cm³/mol. The molecule has 0 spiro atoms. The number of hydrogen-bond acceptors (Lipinski definition) is 3. The van der Waals surface area contributed by atoms with Crippen molar-refractivity contribution in [2.24, 2.45) is 0 Å². The number of carbonyl (C=O) groups is 1. The smallest absolute Gasteiger partial charge is 0.342 e. The fourth-order valence-electron chi connectivity index (χ4n) is 1.72. The Labute approximate surface area is 111 Å². The van der Waals surface area contributed by atoms with Crippen LogP contribution in [0.3, 0.4) is 0 Å². The van der Waals surface area contributed by atoms with Gasteiger partial charge < -0.3 is 9.84 Å². The van der Waals surface area contributed by atoms with E-state index in [2.05, 4.69) is 6.58 Å². The summed E-state index contributed by atoms with van der Waals surface area (Å²) in [5.41, 5.74) is 0.978. The van der Waals surface area contributed by atoms with Gasteiger partial charge in [-0.3, -0.25) is 0 Å². The third-order valence-electron chi connectivity index (χ3n) is 2.70. The van der Waals surface area contributed by atoms with E-state index in [-0.39, 0.29) is 11.3 Å². The van der Waals surface area contributed by atoms with Crippen molar-refractivity contribution in [3.63, 3.8) is 0 Å². The second-order valence-electron chi connectivity index (χ2n) is 3.99. The first-order chi connectivity index (χ1) is 9.22. The zero-order valence-electron chi connectivity index (χ0n) is 10.3. The molecule has 0 aliphatic carbocycles. The number of rotatable bonds is 4. The zero-order chi connectivity index (χ0) is 13.7. The lowest BCUT2D eigenvalue weighted by Crippen LogP contribution is -2.10. The lowest BCUT2D eigenvalue weighted by Gasteiger charge is -2.14. The van der Waals surface area contributed by atoms with Crippen molar-refractivity contribution in [3.8, 4) is 5.75 Å². The SMILES string of the molecule is C=CC(OC(=O)c1ccccc1O)c1ccccc1. The summed E-state index contributed by atoms with van der Waals surface area (Å²) in [6.07, 6.45) is 1.01. The van der Waals surface area contributed by atoms with Crippen molar-refractivity contribution in [3.05, 3.63) is 78.4 Å². The van der Waals surface area contributed by atoms with Crippen LogP contribution in [0, 0.1) is 0 Å². The molecule has 3 heteroatoms. The predicted octanol–water partition coefficient (Wildman–Crippen LogP) is 3.48. The van der Waals surface area contributed by atoms with Gasteiger partial charge in [0, 0.05) is 0 Å². The van der Waals surface area contributed by atoms with Gasteiger partial charge in [-0.15, -0.1) is 0 Å². The van der Waals surface area contributed by atoms with Gasteiger partial charge in [0.1, 0.15) is 17.4 Å². The van der Waals surface area contributed by atoms with E-state index >= 15 is 0 Å². The Kier molecular flexibility index (Phi) is 3.98. The van der Waals surface area contributed by atoms with Crippen LogP contribution in [-0.4, -0.2) is 11.1 Å². The van der Waals surface area contributed by atoms with E-state index in [0.29, 0.717) is 0 Å². The summed E-state index contributed by atoms with van der Waals surface area (Å²) in [4.78, 5) is 12.0. The monoisotopic (exact) mass is 254 g/mol. The molecule has 1 atom stereocenters. The maximum atomic E-state index is 12.0. The van der Waals surface area contributed by atoms with Gasteiger partial charge in [-0.2, -0.15) is 0 Å². The van der Waals surface area contributed by atoms with Gasteiger partial charge >= 0.3 is 5.97 Å². The Hall–Kier alpha value is -2.55. The average Bonchev–Trinajstić information content (AvgIpc) is 2.46.